The zero-order valence-corrected chi connectivity index (χ0v) is 20.2. The van der Waals surface area contributed by atoms with Crippen molar-refractivity contribution in [3.8, 4) is 0 Å². The number of aryl methyl sites for hydroxylation is 1. The number of benzene rings is 1. The topological polar surface area (TPSA) is 120 Å². The lowest BCUT2D eigenvalue weighted by molar-refractivity contribution is 0.342. The molecule has 0 bridgehead atoms. The second-order valence-corrected chi connectivity index (χ2v) is 12.9. The summed E-state index contributed by atoms with van der Waals surface area (Å²) in [5.74, 6) is 0.961. The summed E-state index contributed by atoms with van der Waals surface area (Å²) >= 11 is 0. The first-order valence-electron chi connectivity index (χ1n) is 11.3. The second kappa shape index (κ2) is 7.59. The van der Waals surface area contributed by atoms with Crippen LogP contribution in [0.1, 0.15) is 43.0 Å². The summed E-state index contributed by atoms with van der Waals surface area (Å²) in [4.78, 5) is 4.58. The first-order valence-corrected chi connectivity index (χ1v) is 14.3. The van der Waals surface area contributed by atoms with E-state index in [1.165, 1.54) is 16.4 Å². The predicted octanol–water partition coefficient (Wildman–Crippen LogP) is 2.30. The monoisotopic (exact) mass is 500 g/mol. The quantitative estimate of drug-likeness (QED) is 0.422. The van der Waals surface area contributed by atoms with Crippen LogP contribution >= 0.6 is 0 Å². The van der Waals surface area contributed by atoms with Gasteiger partial charge in [0.2, 0.25) is 10.0 Å². The van der Waals surface area contributed by atoms with E-state index in [0.717, 1.165) is 18.4 Å². The van der Waals surface area contributed by atoms with Gasteiger partial charge >= 0.3 is 0 Å². The van der Waals surface area contributed by atoms with Gasteiger partial charge in [0, 0.05) is 24.7 Å². The lowest BCUT2D eigenvalue weighted by atomic mass is 10.1. The van der Waals surface area contributed by atoms with Gasteiger partial charge in [0.1, 0.15) is 5.82 Å². The summed E-state index contributed by atoms with van der Waals surface area (Å²) in [6, 6.07) is 8.38. The average Bonchev–Trinajstić information content (AvgIpc) is 3.57. The number of rotatable bonds is 4. The molecule has 1 aliphatic carbocycles. The van der Waals surface area contributed by atoms with Crippen molar-refractivity contribution in [1.82, 2.24) is 27.9 Å². The molecule has 6 rings (SSSR count). The molecule has 4 aromatic rings. The maximum absolute atomic E-state index is 13.3. The predicted molar refractivity (Wildman–Crippen MR) is 126 cm³/mol. The van der Waals surface area contributed by atoms with Crippen LogP contribution in [0, 0.1) is 6.92 Å². The van der Waals surface area contributed by atoms with Gasteiger partial charge in [0.25, 0.3) is 10.0 Å². The largest absolute Gasteiger partial charge is 0.274 e. The van der Waals surface area contributed by atoms with E-state index in [9.17, 15) is 16.8 Å². The maximum Gasteiger partial charge on any atom is 0.269 e. The third-order valence-corrected chi connectivity index (χ3v) is 10.6. The number of hydrogen-bond acceptors (Lipinski definition) is 7. The molecule has 1 unspecified atom stereocenters. The highest BCUT2D eigenvalue weighted by Gasteiger charge is 2.40. The van der Waals surface area contributed by atoms with Crippen LogP contribution in [0.3, 0.4) is 0 Å². The molecule has 0 amide bonds. The Hall–Kier alpha value is -2.83. The molecular formula is C22H24N6O4S2. The fourth-order valence-electron chi connectivity index (χ4n) is 5.26. The first kappa shape index (κ1) is 21.7. The van der Waals surface area contributed by atoms with E-state index in [1.807, 2.05) is 11.3 Å². The minimum absolute atomic E-state index is 0.0263. The van der Waals surface area contributed by atoms with E-state index >= 15 is 0 Å². The maximum atomic E-state index is 13.3. The number of nitrogens with zero attached hydrogens (tertiary/aromatic N) is 6. The Morgan fingerprint density at radius 1 is 1.06 bits per heavy atom. The average molecular weight is 501 g/mol. The summed E-state index contributed by atoms with van der Waals surface area (Å²) in [6.07, 6.45) is 5.94. The van der Waals surface area contributed by atoms with Gasteiger partial charge in [-0.05, 0) is 50.8 Å². The molecule has 0 spiro atoms. The van der Waals surface area contributed by atoms with Crippen molar-refractivity contribution in [2.45, 2.75) is 49.5 Å². The van der Waals surface area contributed by atoms with Crippen LogP contribution in [0.25, 0.3) is 16.8 Å². The zero-order valence-electron chi connectivity index (χ0n) is 18.6. The summed E-state index contributed by atoms with van der Waals surface area (Å²) in [5, 5.41) is 8.67. The molecule has 12 heteroatoms. The van der Waals surface area contributed by atoms with Gasteiger partial charge in [0.05, 0.1) is 22.4 Å². The van der Waals surface area contributed by atoms with E-state index in [4.69, 9.17) is 0 Å². The Morgan fingerprint density at radius 2 is 1.85 bits per heavy atom. The number of sulfonamides is 1. The van der Waals surface area contributed by atoms with E-state index in [-0.39, 0.29) is 22.6 Å². The molecule has 1 aliphatic heterocycles. The van der Waals surface area contributed by atoms with Crippen LogP contribution in [0.2, 0.25) is 0 Å². The van der Waals surface area contributed by atoms with Gasteiger partial charge < -0.3 is 0 Å². The number of aromatic nitrogens is 5. The Balaban J connectivity index is 1.40. The molecule has 178 valence electrons. The van der Waals surface area contributed by atoms with E-state index in [1.54, 1.807) is 34.6 Å². The summed E-state index contributed by atoms with van der Waals surface area (Å²) in [6.45, 7) is 2.48. The van der Waals surface area contributed by atoms with Crippen molar-refractivity contribution >= 4 is 36.9 Å². The normalized spacial score (nSPS) is 23.3. The Bertz CT molecular complexity index is 1620. The molecule has 0 radical (unpaired) electrons. The molecule has 3 aromatic heterocycles. The van der Waals surface area contributed by atoms with Crippen molar-refractivity contribution in [3.05, 3.63) is 54.1 Å². The molecule has 2 atom stereocenters. The zero-order chi connectivity index (χ0) is 23.7. The van der Waals surface area contributed by atoms with Crippen molar-refractivity contribution in [1.29, 1.82) is 0 Å². The number of hydrogen-bond donors (Lipinski definition) is 0. The van der Waals surface area contributed by atoms with Crippen molar-refractivity contribution in [2.24, 2.45) is 0 Å². The fraction of sp³-hybridized carbons (Fsp3) is 0.409. The van der Waals surface area contributed by atoms with Crippen molar-refractivity contribution in [3.63, 3.8) is 0 Å². The molecule has 1 saturated heterocycles. The Morgan fingerprint density at radius 3 is 2.59 bits per heavy atom. The first-order chi connectivity index (χ1) is 16.3. The minimum atomic E-state index is -3.83. The van der Waals surface area contributed by atoms with Crippen LogP contribution in [-0.2, 0) is 20.0 Å². The van der Waals surface area contributed by atoms with E-state index in [2.05, 4.69) is 15.2 Å². The highest BCUT2D eigenvalue weighted by molar-refractivity contribution is 7.90. The summed E-state index contributed by atoms with van der Waals surface area (Å²) in [5.41, 5.74) is 2.41. The fourth-order valence-corrected chi connectivity index (χ4v) is 8.33. The molecule has 2 fully saturated rings. The minimum Gasteiger partial charge on any atom is -0.274 e. The molecule has 10 nitrogen and oxygen atoms in total. The standard InChI is InChI=1S/C22H24N6O4S2/c1-15-3-7-18(8-4-15)34(31,32)27-11-9-19-22(27)23-14-20-24-25-21(28(19)20)16-5-6-17(13-16)26-10-2-12-33(26,29)30/h3-4,7-9,11,14,16-17H,2,5-6,10,12-13H2,1H3/t16-,17?/m1/s1. The second-order valence-electron chi connectivity index (χ2n) is 9.09. The van der Waals surface area contributed by atoms with Crippen LogP contribution in [-0.4, -0.2) is 63.0 Å². The lowest BCUT2D eigenvalue weighted by Crippen LogP contribution is -2.34. The van der Waals surface area contributed by atoms with Crippen LogP contribution in [0.4, 0.5) is 0 Å². The Kier molecular flexibility index (Phi) is 4.84. The van der Waals surface area contributed by atoms with E-state index < -0.39 is 20.0 Å². The van der Waals surface area contributed by atoms with Crippen LogP contribution in [0.15, 0.2) is 47.6 Å². The molecule has 1 aromatic carbocycles. The lowest BCUT2D eigenvalue weighted by Gasteiger charge is -2.22. The van der Waals surface area contributed by atoms with Gasteiger partial charge in [-0.25, -0.2) is 25.8 Å². The molecule has 34 heavy (non-hydrogen) atoms. The molecular weight excluding hydrogens is 476 g/mol. The Labute approximate surface area is 197 Å². The highest BCUT2D eigenvalue weighted by Crippen LogP contribution is 2.39. The van der Waals surface area contributed by atoms with Crippen LogP contribution in [0.5, 0.6) is 0 Å². The van der Waals surface area contributed by atoms with Crippen LogP contribution < -0.4 is 0 Å². The molecule has 2 aliphatic rings. The highest BCUT2D eigenvalue weighted by atomic mass is 32.2. The van der Waals surface area contributed by atoms with Gasteiger partial charge in [-0.1, -0.05) is 17.7 Å². The third kappa shape index (κ3) is 3.27. The summed E-state index contributed by atoms with van der Waals surface area (Å²) in [7, 11) is -7.00. The molecule has 4 heterocycles. The SMILES string of the molecule is Cc1ccc(S(=O)(=O)n2ccc3c2ncc2nnc([C@@H]4CCC(N5CCCS5(=O)=O)C4)n23)cc1. The third-order valence-electron chi connectivity index (χ3n) is 6.96. The molecule has 1 saturated carbocycles. The van der Waals surface area contributed by atoms with Crippen molar-refractivity contribution < 1.29 is 16.8 Å². The van der Waals surface area contributed by atoms with Gasteiger partial charge in [-0.3, -0.25) is 4.40 Å². The van der Waals surface area contributed by atoms with Gasteiger partial charge in [-0.15, -0.1) is 10.2 Å². The van der Waals surface area contributed by atoms with Gasteiger partial charge in [-0.2, -0.15) is 4.31 Å². The molecule has 0 N–H and O–H groups in total. The van der Waals surface area contributed by atoms with E-state index in [0.29, 0.717) is 42.0 Å². The van der Waals surface area contributed by atoms with Gasteiger partial charge in [0.15, 0.2) is 11.3 Å². The summed E-state index contributed by atoms with van der Waals surface area (Å²) < 4.78 is 56.1. The van der Waals surface area contributed by atoms with Crippen molar-refractivity contribution in [2.75, 3.05) is 12.3 Å². The smallest absolute Gasteiger partial charge is 0.269 e. The number of fused-ring (bicyclic) bond motifs is 3.